The second-order valence-corrected chi connectivity index (χ2v) is 6.72. The fourth-order valence-corrected chi connectivity index (χ4v) is 3.13. The third kappa shape index (κ3) is 3.23. The van der Waals surface area contributed by atoms with Gasteiger partial charge in [0, 0.05) is 0 Å². The van der Waals surface area contributed by atoms with Gasteiger partial charge in [0.05, 0.1) is 27.7 Å². The molecule has 0 radical (unpaired) electrons. The first kappa shape index (κ1) is 18.7. The van der Waals surface area contributed by atoms with E-state index in [-0.39, 0.29) is 21.8 Å². The summed E-state index contributed by atoms with van der Waals surface area (Å²) in [6, 6.07) is 12.6. The van der Waals surface area contributed by atoms with Crippen molar-refractivity contribution in [3.8, 4) is 11.6 Å². The summed E-state index contributed by atoms with van der Waals surface area (Å²) in [4.78, 5) is 25.2. The molecule has 2 aromatic carbocycles. The molecule has 1 aliphatic heterocycles. The van der Waals surface area contributed by atoms with Crippen molar-refractivity contribution in [1.82, 2.24) is 9.78 Å². The van der Waals surface area contributed by atoms with Gasteiger partial charge in [0.1, 0.15) is 11.4 Å². The molecule has 0 bridgehead atoms. The molecule has 0 fully saturated rings. The number of aromatic hydroxyl groups is 1. The zero-order valence-corrected chi connectivity index (χ0v) is 15.8. The second-order valence-electron chi connectivity index (χ2n) is 6.31. The Hall–Kier alpha value is -3.65. The standard InChI is InChI=1S/C20H14ClFN4O3/c1-11-14(19(28)25(23-11)12-5-3-2-4-6-12)10-15-18(27)24-26(20(15)29)13-7-8-17(22)16(21)9-13/h2-10,29H,1H3,(H,24,27). The third-order valence-corrected chi connectivity index (χ3v) is 4.71. The minimum absolute atomic E-state index is 0.127. The maximum atomic E-state index is 13.4. The molecule has 9 heteroatoms. The molecule has 2 heterocycles. The van der Waals surface area contributed by atoms with Gasteiger partial charge in [0.25, 0.3) is 11.5 Å². The summed E-state index contributed by atoms with van der Waals surface area (Å²) < 4.78 is 14.4. The predicted octanol–water partition coefficient (Wildman–Crippen LogP) is 3.47. The Bertz CT molecular complexity index is 1240. The van der Waals surface area contributed by atoms with Crippen molar-refractivity contribution in [2.24, 2.45) is 5.10 Å². The van der Waals surface area contributed by atoms with E-state index in [1.807, 2.05) is 6.07 Å². The molecule has 1 aliphatic rings. The van der Waals surface area contributed by atoms with Crippen molar-refractivity contribution in [3.05, 3.63) is 80.9 Å². The summed E-state index contributed by atoms with van der Waals surface area (Å²) in [5, 5.41) is 18.3. The van der Waals surface area contributed by atoms with E-state index in [9.17, 15) is 19.1 Å². The summed E-state index contributed by atoms with van der Waals surface area (Å²) in [6.45, 7) is 1.63. The van der Waals surface area contributed by atoms with Crippen LogP contribution in [0.2, 0.25) is 5.02 Å². The Morgan fingerprint density at radius 3 is 2.55 bits per heavy atom. The number of hydrogen-bond donors (Lipinski definition) is 2. The van der Waals surface area contributed by atoms with Gasteiger partial charge in [-0.2, -0.15) is 10.1 Å². The van der Waals surface area contributed by atoms with Crippen molar-refractivity contribution < 1.29 is 14.3 Å². The van der Waals surface area contributed by atoms with E-state index in [1.54, 1.807) is 31.2 Å². The number of aromatic nitrogens is 2. The van der Waals surface area contributed by atoms with Gasteiger partial charge in [0.2, 0.25) is 5.88 Å². The van der Waals surface area contributed by atoms with Crippen molar-refractivity contribution in [2.45, 2.75) is 6.92 Å². The van der Waals surface area contributed by atoms with Crippen LogP contribution in [0.5, 0.6) is 5.88 Å². The van der Waals surface area contributed by atoms with E-state index < -0.39 is 23.2 Å². The van der Waals surface area contributed by atoms with Crippen LogP contribution in [0.3, 0.4) is 0 Å². The SMILES string of the molecule is CC1=NN(c2ccccc2)C(=O)C1=Cc1c(O)n(-c2ccc(F)c(Cl)c2)[nH]c1=O. The van der Waals surface area contributed by atoms with Crippen LogP contribution < -0.4 is 10.6 Å². The van der Waals surface area contributed by atoms with Gasteiger partial charge >= 0.3 is 0 Å². The second kappa shape index (κ2) is 7.06. The number of carbonyl (C=O) groups excluding carboxylic acids is 1. The van der Waals surface area contributed by atoms with Crippen molar-refractivity contribution in [3.63, 3.8) is 0 Å². The minimum Gasteiger partial charge on any atom is -0.493 e. The number of rotatable bonds is 3. The maximum absolute atomic E-state index is 13.4. The number of nitrogens with zero attached hydrogens (tertiary/aromatic N) is 3. The first-order chi connectivity index (χ1) is 13.9. The van der Waals surface area contributed by atoms with Gasteiger partial charge in [-0.05, 0) is 43.3 Å². The summed E-state index contributed by atoms with van der Waals surface area (Å²) in [5.74, 6) is -1.50. The first-order valence-corrected chi connectivity index (χ1v) is 8.91. The smallest absolute Gasteiger partial charge is 0.280 e. The summed E-state index contributed by atoms with van der Waals surface area (Å²) in [7, 11) is 0. The summed E-state index contributed by atoms with van der Waals surface area (Å²) in [6.07, 6.45) is 1.28. The van der Waals surface area contributed by atoms with Crippen molar-refractivity contribution >= 4 is 35.0 Å². The predicted molar refractivity (Wildman–Crippen MR) is 108 cm³/mol. The molecule has 0 aliphatic carbocycles. The number of hydrazone groups is 1. The van der Waals surface area contributed by atoms with Crippen LogP contribution >= 0.6 is 11.6 Å². The average Bonchev–Trinajstić information content (AvgIpc) is 3.15. The Labute approximate surface area is 168 Å². The zero-order chi connectivity index (χ0) is 20.7. The van der Waals surface area contributed by atoms with Crippen molar-refractivity contribution in [1.29, 1.82) is 0 Å². The van der Waals surface area contributed by atoms with E-state index in [4.69, 9.17) is 11.6 Å². The van der Waals surface area contributed by atoms with Gasteiger partial charge in [-0.15, -0.1) is 0 Å². The average molecular weight is 413 g/mol. The number of halogens is 2. The molecule has 0 unspecified atom stereocenters. The molecule has 3 aromatic rings. The minimum atomic E-state index is -0.630. The summed E-state index contributed by atoms with van der Waals surface area (Å²) >= 11 is 5.77. The molecule has 0 saturated heterocycles. The van der Waals surface area contributed by atoms with Crippen LogP contribution in [-0.2, 0) is 4.79 Å². The lowest BCUT2D eigenvalue weighted by atomic mass is 10.1. The number of carbonyl (C=O) groups is 1. The van der Waals surface area contributed by atoms with E-state index in [0.29, 0.717) is 11.4 Å². The molecule has 146 valence electrons. The number of H-pyrrole nitrogens is 1. The number of para-hydroxylation sites is 1. The topological polar surface area (TPSA) is 90.7 Å². The van der Waals surface area contributed by atoms with Gasteiger partial charge in [-0.1, -0.05) is 29.8 Å². The third-order valence-electron chi connectivity index (χ3n) is 4.42. The highest BCUT2D eigenvalue weighted by molar-refractivity contribution is 6.32. The van der Waals surface area contributed by atoms with Gasteiger partial charge < -0.3 is 5.11 Å². The maximum Gasteiger partial charge on any atom is 0.280 e. The monoisotopic (exact) mass is 412 g/mol. The normalized spacial score (nSPS) is 15.3. The van der Waals surface area contributed by atoms with Crippen LogP contribution in [0.15, 0.2) is 64.0 Å². The molecule has 0 atom stereocenters. The van der Waals surface area contributed by atoms with E-state index in [0.717, 1.165) is 10.7 Å². The largest absolute Gasteiger partial charge is 0.493 e. The lowest BCUT2D eigenvalue weighted by Gasteiger charge is -2.10. The first-order valence-electron chi connectivity index (χ1n) is 8.53. The number of anilines is 1. The molecule has 29 heavy (non-hydrogen) atoms. The molecule has 4 rings (SSSR count). The molecule has 2 N–H and O–H groups in total. The fourth-order valence-electron chi connectivity index (χ4n) is 2.95. The molecule has 0 saturated carbocycles. The van der Waals surface area contributed by atoms with E-state index >= 15 is 0 Å². The van der Waals surface area contributed by atoms with Crippen LogP contribution in [0.4, 0.5) is 10.1 Å². The molecule has 1 amide bonds. The number of nitrogens with one attached hydrogen (secondary N) is 1. The highest BCUT2D eigenvalue weighted by Crippen LogP contribution is 2.27. The summed E-state index contributed by atoms with van der Waals surface area (Å²) in [5.41, 5.74) is 0.647. The molecule has 0 spiro atoms. The fraction of sp³-hybridized carbons (Fsp3) is 0.0500. The Kier molecular flexibility index (Phi) is 4.56. The Morgan fingerprint density at radius 1 is 1.14 bits per heavy atom. The van der Waals surface area contributed by atoms with Crippen LogP contribution in [0.25, 0.3) is 11.8 Å². The lowest BCUT2D eigenvalue weighted by Crippen LogP contribution is -2.21. The van der Waals surface area contributed by atoms with E-state index in [1.165, 1.54) is 23.2 Å². The number of benzene rings is 2. The Balaban J connectivity index is 1.75. The van der Waals surface area contributed by atoms with Crippen LogP contribution in [0.1, 0.15) is 12.5 Å². The highest BCUT2D eigenvalue weighted by atomic mass is 35.5. The Morgan fingerprint density at radius 2 is 1.86 bits per heavy atom. The molecule has 7 nitrogen and oxygen atoms in total. The van der Waals surface area contributed by atoms with Gasteiger partial charge in [-0.25, -0.2) is 9.07 Å². The molecular formula is C20H14ClFN4O3. The number of aromatic amines is 1. The molecular weight excluding hydrogens is 399 g/mol. The van der Waals surface area contributed by atoms with Gasteiger partial charge in [0.15, 0.2) is 0 Å². The number of hydrogen-bond acceptors (Lipinski definition) is 4. The van der Waals surface area contributed by atoms with Crippen LogP contribution in [0, 0.1) is 5.82 Å². The highest BCUT2D eigenvalue weighted by Gasteiger charge is 2.29. The van der Waals surface area contributed by atoms with Gasteiger partial charge in [-0.3, -0.25) is 14.7 Å². The quantitative estimate of drug-likeness (QED) is 0.645. The van der Waals surface area contributed by atoms with E-state index in [2.05, 4.69) is 10.2 Å². The number of amides is 1. The van der Waals surface area contributed by atoms with Crippen molar-refractivity contribution in [2.75, 3.05) is 5.01 Å². The lowest BCUT2D eigenvalue weighted by molar-refractivity contribution is -0.114. The zero-order valence-electron chi connectivity index (χ0n) is 15.1. The molecule has 1 aromatic heterocycles. The van der Waals surface area contributed by atoms with Crippen LogP contribution in [-0.4, -0.2) is 26.5 Å².